The summed E-state index contributed by atoms with van der Waals surface area (Å²) in [5.41, 5.74) is 2.41. The fourth-order valence-electron chi connectivity index (χ4n) is 2.62. The number of aromatic nitrogens is 1. The molecule has 0 amide bonds. The molecule has 1 aromatic carbocycles. The van der Waals surface area contributed by atoms with Gasteiger partial charge in [0, 0.05) is 9.90 Å². The molecule has 1 aliphatic carbocycles. The van der Waals surface area contributed by atoms with Gasteiger partial charge in [-0.25, -0.2) is 4.98 Å². The minimum absolute atomic E-state index is 0.101. The van der Waals surface area contributed by atoms with E-state index in [1.807, 2.05) is 36.6 Å². The number of nitrogens with zero attached hydrogens (tertiary/aromatic N) is 1. The molecule has 0 fully saturated rings. The molecule has 0 radical (unpaired) electrons. The average Bonchev–Trinajstić information content (AvgIpc) is 2.85. The molecule has 19 heavy (non-hydrogen) atoms. The summed E-state index contributed by atoms with van der Waals surface area (Å²) in [6.07, 6.45) is 4.88. The lowest BCUT2D eigenvalue weighted by atomic mass is 10.0. The van der Waals surface area contributed by atoms with Crippen molar-refractivity contribution in [1.29, 1.82) is 0 Å². The van der Waals surface area contributed by atoms with E-state index in [2.05, 4.69) is 11.4 Å². The predicted octanol–water partition coefficient (Wildman–Crippen LogP) is 3.98. The molecular weight excluding hydrogens is 276 g/mol. The van der Waals surface area contributed by atoms with Crippen LogP contribution in [0.4, 0.5) is 0 Å². The monoisotopic (exact) mass is 292 g/mol. The van der Waals surface area contributed by atoms with Crippen LogP contribution in [0.15, 0.2) is 24.3 Å². The van der Waals surface area contributed by atoms with Crippen LogP contribution in [0.1, 0.15) is 40.0 Å². The van der Waals surface area contributed by atoms with Crippen molar-refractivity contribution in [2.75, 3.05) is 7.05 Å². The Balaban J connectivity index is 1.98. The zero-order valence-electron chi connectivity index (χ0n) is 10.9. The molecule has 1 aliphatic rings. The molecule has 2 aromatic rings. The molecule has 100 valence electrons. The number of aryl methyl sites for hydroxylation is 2. The molecule has 0 spiro atoms. The summed E-state index contributed by atoms with van der Waals surface area (Å²) in [7, 11) is 1.97. The van der Waals surface area contributed by atoms with Crippen LogP contribution < -0.4 is 5.32 Å². The van der Waals surface area contributed by atoms with Crippen LogP contribution in [0.25, 0.3) is 0 Å². The number of fused-ring (bicyclic) bond motifs is 1. The van der Waals surface area contributed by atoms with Gasteiger partial charge in [-0.15, -0.1) is 11.3 Å². The standard InChI is InChI=1S/C15H17ClN2S/c1-17-14(10-6-2-3-7-11(10)16)15-18-12-8-4-5-9-13(12)19-15/h2-3,6-7,14,17H,4-5,8-9H2,1H3. The highest BCUT2D eigenvalue weighted by Gasteiger charge is 2.22. The lowest BCUT2D eigenvalue weighted by Crippen LogP contribution is -2.17. The molecule has 1 N–H and O–H groups in total. The normalized spacial score (nSPS) is 16.1. The molecule has 1 atom stereocenters. The maximum absolute atomic E-state index is 6.31. The van der Waals surface area contributed by atoms with Crippen molar-refractivity contribution in [2.45, 2.75) is 31.7 Å². The highest BCUT2D eigenvalue weighted by molar-refractivity contribution is 7.11. The van der Waals surface area contributed by atoms with Gasteiger partial charge in [-0.3, -0.25) is 0 Å². The largest absolute Gasteiger partial charge is 0.307 e. The number of halogens is 1. The van der Waals surface area contributed by atoms with Crippen LogP contribution in [-0.2, 0) is 12.8 Å². The van der Waals surface area contributed by atoms with E-state index >= 15 is 0 Å². The predicted molar refractivity (Wildman–Crippen MR) is 81.1 cm³/mol. The molecular formula is C15H17ClN2S. The zero-order chi connectivity index (χ0) is 13.2. The number of thiazole rings is 1. The smallest absolute Gasteiger partial charge is 0.115 e. The van der Waals surface area contributed by atoms with Gasteiger partial charge in [-0.1, -0.05) is 29.8 Å². The Morgan fingerprint density at radius 3 is 2.79 bits per heavy atom. The number of hydrogen-bond donors (Lipinski definition) is 1. The minimum Gasteiger partial charge on any atom is -0.307 e. The highest BCUT2D eigenvalue weighted by Crippen LogP contribution is 2.34. The van der Waals surface area contributed by atoms with Crippen LogP contribution in [0, 0.1) is 0 Å². The maximum Gasteiger partial charge on any atom is 0.115 e. The Labute approximate surface area is 122 Å². The first-order valence-electron chi connectivity index (χ1n) is 6.69. The highest BCUT2D eigenvalue weighted by atomic mass is 35.5. The van der Waals surface area contributed by atoms with Crippen molar-refractivity contribution in [3.8, 4) is 0 Å². The Kier molecular flexibility index (Phi) is 3.87. The Morgan fingerprint density at radius 2 is 2.05 bits per heavy atom. The van der Waals surface area contributed by atoms with Gasteiger partial charge >= 0.3 is 0 Å². The summed E-state index contributed by atoms with van der Waals surface area (Å²) in [6.45, 7) is 0. The molecule has 3 rings (SSSR count). The third-order valence-corrected chi connectivity index (χ3v) is 5.18. The van der Waals surface area contributed by atoms with E-state index in [9.17, 15) is 0 Å². The van der Waals surface area contributed by atoms with Crippen LogP contribution in [0.3, 0.4) is 0 Å². The lowest BCUT2D eigenvalue weighted by molar-refractivity contribution is 0.661. The second-order valence-electron chi connectivity index (χ2n) is 4.87. The number of nitrogens with one attached hydrogen (secondary N) is 1. The van der Waals surface area contributed by atoms with Gasteiger partial charge in [-0.05, 0) is 44.4 Å². The fraction of sp³-hybridized carbons (Fsp3) is 0.400. The van der Waals surface area contributed by atoms with Crippen molar-refractivity contribution >= 4 is 22.9 Å². The first-order chi connectivity index (χ1) is 9.29. The molecule has 1 unspecified atom stereocenters. The summed E-state index contributed by atoms with van der Waals surface area (Å²) in [5, 5.41) is 5.29. The second-order valence-corrected chi connectivity index (χ2v) is 6.39. The first kappa shape index (κ1) is 13.1. The van der Waals surface area contributed by atoms with Gasteiger partial charge in [0.15, 0.2) is 0 Å². The number of rotatable bonds is 3. The molecule has 0 saturated carbocycles. The first-order valence-corrected chi connectivity index (χ1v) is 7.89. The third-order valence-electron chi connectivity index (χ3n) is 3.61. The molecule has 2 nitrogen and oxygen atoms in total. The fourth-order valence-corrected chi connectivity index (χ4v) is 4.14. The van der Waals surface area contributed by atoms with Crippen LogP contribution in [0.2, 0.25) is 5.02 Å². The van der Waals surface area contributed by atoms with Crippen molar-refractivity contribution in [2.24, 2.45) is 0 Å². The summed E-state index contributed by atoms with van der Waals surface area (Å²) in [4.78, 5) is 6.30. The van der Waals surface area contributed by atoms with Crippen molar-refractivity contribution < 1.29 is 0 Å². The molecule has 0 bridgehead atoms. The minimum atomic E-state index is 0.101. The second kappa shape index (κ2) is 5.61. The zero-order valence-corrected chi connectivity index (χ0v) is 12.5. The van der Waals surface area contributed by atoms with Crippen LogP contribution >= 0.6 is 22.9 Å². The van der Waals surface area contributed by atoms with E-state index in [4.69, 9.17) is 16.6 Å². The van der Waals surface area contributed by atoms with Gasteiger partial charge in [0.1, 0.15) is 5.01 Å². The summed E-state index contributed by atoms with van der Waals surface area (Å²) in [5.74, 6) is 0. The Hall–Kier alpha value is -0.900. The SMILES string of the molecule is CNC(c1nc2c(s1)CCCC2)c1ccccc1Cl. The lowest BCUT2D eigenvalue weighted by Gasteiger charge is -2.15. The van der Waals surface area contributed by atoms with Gasteiger partial charge in [-0.2, -0.15) is 0 Å². The number of hydrogen-bond acceptors (Lipinski definition) is 3. The van der Waals surface area contributed by atoms with Crippen LogP contribution in [-0.4, -0.2) is 12.0 Å². The van der Waals surface area contributed by atoms with E-state index in [0.717, 1.165) is 22.0 Å². The summed E-state index contributed by atoms with van der Waals surface area (Å²) in [6, 6.07) is 8.10. The van der Waals surface area contributed by atoms with Gasteiger partial charge in [0.25, 0.3) is 0 Å². The van der Waals surface area contributed by atoms with E-state index in [0.29, 0.717) is 0 Å². The van der Waals surface area contributed by atoms with E-state index < -0.39 is 0 Å². The molecule has 0 saturated heterocycles. The van der Waals surface area contributed by atoms with Crippen molar-refractivity contribution in [3.05, 3.63) is 50.4 Å². The summed E-state index contributed by atoms with van der Waals surface area (Å²) < 4.78 is 0. The molecule has 1 heterocycles. The van der Waals surface area contributed by atoms with Gasteiger partial charge in [0.05, 0.1) is 11.7 Å². The molecule has 0 aliphatic heterocycles. The van der Waals surface area contributed by atoms with E-state index in [1.165, 1.54) is 29.8 Å². The van der Waals surface area contributed by atoms with Crippen LogP contribution in [0.5, 0.6) is 0 Å². The quantitative estimate of drug-likeness (QED) is 0.925. The molecule has 4 heteroatoms. The topological polar surface area (TPSA) is 24.9 Å². The van der Waals surface area contributed by atoms with Gasteiger partial charge in [0.2, 0.25) is 0 Å². The summed E-state index contributed by atoms with van der Waals surface area (Å²) >= 11 is 8.15. The average molecular weight is 293 g/mol. The Morgan fingerprint density at radius 1 is 1.26 bits per heavy atom. The third kappa shape index (κ3) is 2.55. The Bertz CT molecular complexity index is 556. The molecule has 1 aromatic heterocycles. The maximum atomic E-state index is 6.31. The number of benzene rings is 1. The van der Waals surface area contributed by atoms with Gasteiger partial charge < -0.3 is 5.32 Å². The van der Waals surface area contributed by atoms with E-state index in [-0.39, 0.29) is 6.04 Å². The van der Waals surface area contributed by atoms with Crippen molar-refractivity contribution in [1.82, 2.24) is 10.3 Å². The van der Waals surface area contributed by atoms with E-state index in [1.54, 1.807) is 0 Å². The van der Waals surface area contributed by atoms with Crippen molar-refractivity contribution in [3.63, 3.8) is 0 Å².